The molecule has 0 saturated heterocycles. The number of allylic oxidation sites excluding steroid dienone is 1. The number of aliphatic hydroxyl groups excluding tert-OH is 2. The molecule has 1 aliphatic rings. The molecule has 3 nitrogen and oxygen atoms in total. The topological polar surface area (TPSA) is 43.7 Å². The number of hydrogen-bond acceptors (Lipinski definition) is 3. The van der Waals surface area contributed by atoms with Crippen LogP contribution in [0.1, 0.15) is 25.7 Å². The van der Waals surface area contributed by atoms with Crippen molar-refractivity contribution in [3.05, 3.63) is 12.2 Å². The lowest BCUT2D eigenvalue weighted by Gasteiger charge is -2.32. The summed E-state index contributed by atoms with van der Waals surface area (Å²) in [6, 6.07) is -0.0673. The van der Waals surface area contributed by atoms with Crippen LogP contribution < -0.4 is 0 Å². The summed E-state index contributed by atoms with van der Waals surface area (Å²) in [6.07, 6.45) is 0.464. The summed E-state index contributed by atoms with van der Waals surface area (Å²) in [4.78, 5) is 1.60. The summed E-state index contributed by atoms with van der Waals surface area (Å²) in [5.41, 5.74) is 0. The maximum absolute atomic E-state index is 12.2. The van der Waals surface area contributed by atoms with E-state index in [-0.39, 0.29) is 19.1 Å². The first-order chi connectivity index (χ1) is 8.42. The van der Waals surface area contributed by atoms with E-state index in [0.717, 1.165) is 19.3 Å². The molecule has 0 unspecified atom stereocenters. The van der Waals surface area contributed by atoms with E-state index in [1.165, 1.54) is 0 Å². The summed E-state index contributed by atoms with van der Waals surface area (Å²) in [5.74, 6) is 0. The Morgan fingerprint density at radius 1 is 1.39 bits per heavy atom. The Bertz CT molecular complexity index is 269. The molecule has 0 bridgehead atoms. The summed E-state index contributed by atoms with van der Waals surface area (Å²) < 4.78 is 36.7. The van der Waals surface area contributed by atoms with Gasteiger partial charge in [0.1, 0.15) is 0 Å². The monoisotopic (exact) mass is 267 g/mol. The summed E-state index contributed by atoms with van der Waals surface area (Å²) >= 11 is 0. The molecular weight excluding hydrogens is 247 g/mol. The minimum atomic E-state index is -4.19. The van der Waals surface area contributed by atoms with Crippen LogP contribution in [0.25, 0.3) is 0 Å². The minimum absolute atomic E-state index is 0.0673. The summed E-state index contributed by atoms with van der Waals surface area (Å²) in [7, 11) is 0. The highest BCUT2D eigenvalue weighted by Gasteiger charge is 2.30. The molecule has 0 spiro atoms. The zero-order valence-corrected chi connectivity index (χ0v) is 10.2. The minimum Gasteiger partial charge on any atom is -0.394 e. The van der Waals surface area contributed by atoms with Gasteiger partial charge in [0.15, 0.2) is 0 Å². The third-order valence-corrected chi connectivity index (χ3v) is 3.04. The van der Waals surface area contributed by atoms with Crippen molar-refractivity contribution in [2.75, 3.05) is 19.7 Å². The highest BCUT2D eigenvalue weighted by Crippen LogP contribution is 2.23. The molecule has 0 aromatic heterocycles. The molecule has 1 aliphatic carbocycles. The Labute approximate surface area is 105 Å². The molecule has 1 rings (SSSR count). The SMILES string of the molecule is OC[C@@H](O)CN(CCC(F)(F)F)[C@H]1C=CCCC1. The maximum atomic E-state index is 12.2. The van der Waals surface area contributed by atoms with Crippen molar-refractivity contribution in [3.63, 3.8) is 0 Å². The van der Waals surface area contributed by atoms with E-state index in [2.05, 4.69) is 0 Å². The molecule has 0 aliphatic heterocycles. The van der Waals surface area contributed by atoms with Crippen molar-refractivity contribution in [2.45, 2.75) is 44.0 Å². The quantitative estimate of drug-likeness (QED) is 0.720. The molecule has 0 amide bonds. The lowest BCUT2D eigenvalue weighted by Crippen LogP contribution is -2.43. The van der Waals surface area contributed by atoms with Crippen LogP contribution in [0.2, 0.25) is 0 Å². The van der Waals surface area contributed by atoms with Crippen LogP contribution in [0.5, 0.6) is 0 Å². The average molecular weight is 267 g/mol. The fraction of sp³-hybridized carbons (Fsp3) is 0.833. The van der Waals surface area contributed by atoms with Crippen LogP contribution in [0.3, 0.4) is 0 Å². The van der Waals surface area contributed by atoms with Gasteiger partial charge in [0.2, 0.25) is 0 Å². The van der Waals surface area contributed by atoms with E-state index < -0.39 is 25.3 Å². The molecule has 0 aromatic rings. The van der Waals surface area contributed by atoms with Crippen LogP contribution in [-0.2, 0) is 0 Å². The third-order valence-electron chi connectivity index (χ3n) is 3.04. The normalized spacial score (nSPS) is 22.4. The predicted octanol–water partition coefficient (Wildman–Crippen LogP) is 1.70. The molecule has 6 heteroatoms. The van der Waals surface area contributed by atoms with Gasteiger partial charge in [-0.3, -0.25) is 4.90 Å². The number of halogens is 3. The Morgan fingerprint density at radius 3 is 2.61 bits per heavy atom. The fourth-order valence-electron chi connectivity index (χ4n) is 2.09. The zero-order valence-electron chi connectivity index (χ0n) is 10.2. The van der Waals surface area contributed by atoms with Gasteiger partial charge in [-0.15, -0.1) is 0 Å². The van der Waals surface area contributed by atoms with Gasteiger partial charge >= 0.3 is 6.18 Å². The molecule has 106 valence electrons. The highest BCUT2D eigenvalue weighted by atomic mass is 19.4. The second-order valence-corrected chi connectivity index (χ2v) is 4.62. The average Bonchev–Trinajstić information content (AvgIpc) is 2.34. The predicted molar refractivity (Wildman–Crippen MR) is 62.1 cm³/mol. The first-order valence-corrected chi connectivity index (χ1v) is 6.19. The van der Waals surface area contributed by atoms with Crippen molar-refractivity contribution >= 4 is 0 Å². The second kappa shape index (κ2) is 7.11. The van der Waals surface area contributed by atoms with E-state index in [9.17, 15) is 18.3 Å². The molecule has 0 aromatic carbocycles. The summed E-state index contributed by atoms with van der Waals surface area (Å²) in [5, 5.41) is 18.2. The number of nitrogens with zero attached hydrogens (tertiary/aromatic N) is 1. The third kappa shape index (κ3) is 5.84. The molecule has 18 heavy (non-hydrogen) atoms. The van der Waals surface area contributed by atoms with Gasteiger partial charge in [-0.05, 0) is 19.3 Å². The van der Waals surface area contributed by atoms with Gasteiger partial charge in [0.05, 0.1) is 19.1 Å². The largest absolute Gasteiger partial charge is 0.394 e. The lowest BCUT2D eigenvalue weighted by atomic mass is 10.0. The fourth-order valence-corrected chi connectivity index (χ4v) is 2.09. The highest BCUT2D eigenvalue weighted by molar-refractivity contribution is 4.99. The molecule has 0 fully saturated rings. The Hall–Kier alpha value is -0.590. The molecule has 0 heterocycles. The van der Waals surface area contributed by atoms with Gasteiger partial charge in [-0.25, -0.2) is 0 Å². The van der Waals surface area contributed by atoms with Crippen molar-refractivity contribution in [2.24, 2.45) is 0 Å². The zero-order chi connectivity index (χ0) is 13.6. The van der Waals surface area contributed by atoms with Crippen LogP contribution in [0.15, 0.2) is 12.2 Å². The molecular formula is C12H20F3NO2. The van der Waals surface area contributed by atoms with E-state index in [1.807, 2.05) is 12.2 Å². The van der Waals surface area contributed by atoms with Gasteiger partial charge in [0.25, 0.3) is 0 Å². The lowest BCUT2D eigenvalue weighted by molar-refractivity contribution is -0.139. The van der Waals surface area contributed by atoms with Crippen molar-refractivity contribution in [3.8, 4) is 0 Å². The summed E-state index contributed by atoms with van der Waals surface area (Å²) in [6.45, 7) is -0.504. The Kier molecular flexibility index (Phi) is 6.11. The number of alkyl halides is 3. The first-order valence-electron chi connectivity index (χ1n) is 6.19. The van der Waals surface area contributed by atoms with Crippen LogP contribution >= 0.6 is 0 Å². The van der Waals surface area contributed by atoms with Crippen LogP contribution in [-0.4, -0.2) is 53.1 Å². The molecule has 2 N–H and O–H groups in total. The maximum Gasteiger partial charge on any atom is 0.390 e. The molecule has 2 atom stereocenters. The second-order valence-electron chi connectivity index (χ2n) is 4.62. The van der Waals surface area contributed by atoms with Crippen LogP contribution in [0, 0.1) is 0 Å². The van der Waals surface area contributed by atoms with Gasteiger partial charge < -0.3 is 10.2 Å². The van der Waals surface area contributed by atoms with Crippen molar-refractivity contribution < 1.29 is 23.4 Å². The molecule has 0 saturated carbocycles. The van der Waals surface area contributed by atoms with E-state index in [1.54, 1.807) is 4.90 Å². The first kappa shape index (κ1) is 15.5. The van der Waals surface area contributed by atoms with E-state index >= 15 is 0 Å². The molecule has 0 radical (unpaired) electrons. The number of aliphatic hydroxyl groups is 2. The smallest absolute Gasteiger partial charge is 0.390 e. The van der Waals surface area contributed by atoms with Crippen LogP contribution in [0.4, 0.5) is 13.2 Å². The Morgan fingerprint density at radius 2 is 2.11 bits per heavy atom. The van der Waals surface area contributed by atoms with E-state index in [0.29, 0.717) is 0 Å². The standard InChI is InChI=1S/C12H20F3NO2/c13-12(14,15)6-7-16(8-11(18)9-17)10-4-2-1-3-5-10/h2,4,10-11,17-18H,1,3,5-9H2/t10-,11-/m0/s1. The number of hydrogen-bond donors (Lipinski definition) is 2. The van der Waals surface area contributed by atoms with Crippen molar-refractivity contribution in [1.29, 1.82) is 0 Å². The number of rotatable bonds is 6. The van der Waals surface area contributed by atoms with Gasteiger partial charge in [-0.1, -0.05) is 12.2 Å². The Balaban J connectivity index is 2.56. The van der Waals surface area contributed by atoms with Crippen molar-refractivity contribution in [1.82, 2.24) is 4.90 Å². The van der Waals surface area contributed by atoms with Gasteiger partial charge in [-0.2, -0.15) is 13.2 Å². The van der Waals surface area contributed by atoms with E-state index in [4.69, 9.17) is 5.11 Å². The van der Waals surface area contributed by atoms with Gasteiger partial charge in [0, 0.05) is 19.1 Å².